The van der Waals surface area contributed by atoms with E-state index in [1.807, 2.05) is 61.7 Å². The van der Waals surface area contributed by atoms with Crippen LogP contribution >= 0.6 is 0 Å². The van der Waals surface area contributed by atoms with E-state index < -0.39 is 0 Å². The number of hydrogen-bond acceptors (Lipinski definition) is 3. The van der Waals surface area contributed by atoms with Crippen LogP contribution in [0.2, 0.25) is 0 Å². The van der Waals surface area contributed by atoms with Crippen LogP contribution in [-0.2, 0) is 17.8 Å². The van der Waals surface area contributed by atoms with Crippen molar-refractivity contribution in [2.75, 3.05) is 13.1 Å². The second kappa shape index (κ2) is 7.11. The van der Waals surface area contributed by atoms with Gasteiger partial charge in [0.05, 0.1) is 37.0 Å². The van der Waals surface area contributed by atoms with Crippen LogP contribution in [0.25, 0.3) is 0 Å². The highest BCUT2D eigenvalue weighted by Crippen LogP contribution is 2.27. The third kappa shape index (κ3) is 4.85. The van der Waals surface area contributed by atoms with Crippen LogP contribution in [0, 0.1) is 0 Å². The summed E-state index contributed by atoms with van der Waals surface area (Å²) in [5.41, 5.74) is 1.49. The summed E-state index contributed by atoms with van der Waals surface area (Å²) in [4.78, 5) is 14.4. The van der Waals surface area contributed by atoms with E-state index >= 15 is 0 Å². The number of rotatable bonds is 4. The number of nitrogens with zero attached hydrogens (tertiary/aromatic N) is 3. The number of urea groups is 1. The van der Waals surface area contributed by atoms with Crippen molar-refractivity contribution in [3.05, 3.63) is 53.9 Å². The van der Waals surface area contributed by atoms with Gasteiger partial charge in [-0.15, -0.1) is 0 Å². The minimum Gasteiger partial charge on any atom is -0.366 e. The topological polar surface area (TPSA) is 59.4 Å². The van der Waals surface area contributed by atoms with Crippen molar-refractivity contribution in [3.63, 3.8) is 0 Å². The van der Waals surface area contributed by atoms with Crippen LogP contribution in [-0.4, -0.2) is 45.0 Å². The Morgan fingerprint density at radius 1 is 1.12 bits per heavy atom. The van der Waals surface area contributed by atoms with E-state index in [0.717, 1.165) is 12.1 Å². The van der Waals surface area contributed by atoms with Gasteiger partial charge in [0.15, 0.2) is 0 Å². The highest BCUT2D eigenvalue weighted by Gasteiger charge is 2.39. The van der Waals surface area contributed by atoms with E-state index in [4.69, 9.17) is 4.74 Å². The highest BCUT2D eigenvalue weighted by molar-refractivity contribution is 5.74. The third-order valence-electron chi connectivity index (χ3n) is 4.30. The average molecular weight is 356 g/mol. The lowest BCUT2D eigenvalue weighted by molar-refractivity contribution is -0.170. The SMILES string of the molecule is CC1(C)CN(C(=O)NCc2cnn(Cc3ccccc3)c2)CC(C)(C)O1. The molecule has 140 valence electrons. The van der Waals surface area contributed by atoms with Crippen LogP contribution in [0.4, 0.5) is 4.79 Å². The predicted octanol–water partition coefficient (Wildman–Crippen LogP) is 3.03. The first-order valence-corrected chi connectivity index (χ1v) is 9.01. The van der Waals surface area contributed by atoms with E-state index in [-0.39, 0.29) is 17.2 Å². The fourth-order valence-electron chi connectivity index (χ4n) is 3.58. The molecule has 1 fully saturated rings. The molecule has 0 atom stereocenters. The summed E-state index contributed by atoms with van der Waals surface area (Å²) < 4.78 is 7.92. The Kier molecular flexibility index (Phi) is 5.05. The summed E-state index contributed by atoms with van der Waals surface area (Å²) in [7, 11) is 0. The Balaban J connectivity index is 1.55. The van der Waals surface area contributed by atoms with Gasteiger partial charge in [-0.2, -0.15) is 5.10 Å². The summed E-state index contributed by atoms with van der Waals surface area (Å²) in [6.45, 7) is 10.4. The predicted molar refractivity (Wildman–Crippen MR) is 101 cm³/mol. The van der Waals surface area contributed by atoms with E-state index in [0.29, 0.717) is 19.6 Å². The lowest BCUT2D eigenvalue weighted by Crippen LogP contribution is -2.60. The number of benzene rings is 1. The van der Waals surface area contributed by atoms with Crippen molar-refractivity contribution in [1.29, 1.82) is 0 Å². The number of carbonyl (C=O) groups is 1. The normalized spacial score (nSPS) is 18.5. The number of hydrogen-bond donors (Lipinski definition) is 1. The molecule has 1 saturated heterocycles. The van der Waals surface area contributed by atoms with Crippen molar-refractivity contribution in [2.45, 2.75) is 52.0 Å². The molecule has 6 nitrogen and oxygen atoms in total. The van der Waals surface area contributed by atoms with Gasteiger partial charge in [-0.05, 0) is 33.3 Å². The molecule has 0 aliphatic carbocycles. The van der Waals surface area contributed by atoms with Gasteiger partial charge in [-0.1, -0.05) is 30.3 Å². The van der Waals surface area contributed by atoms with Crippen molar-refractivity contribution < 1.29 is 9.53 Å². The van der Waals surface area contributed by atoms with Crippen molar-refractivity contribution >= 4 is 6.03 Å². The standard InChI is InChI=1S/C20H28N4O2/c1-19(2)14-23(15-20(3,4)26-19)18(25)21-10-17-11-22-24(13-17)12-16-8-6-5-7-9-16/h5-9,11,13H,10,12,14-15H2,1-4H3,(H,21,25). The van der Waals surface area contributed by atoms with Crippen molar-refractivity contribution in [2.24, 2.45) is 0 Å². The second-order valence-corrected chi connectivity index (χ2v) is 8.17. The van der Waals surface area contributed by atoms with Gasteiger partial charge in [0.2, 0.25) is 0 Å². The molecule has 2 aromatic rings. The fourth-order valence-corrected chi connectivity index (χ4v) is 3.58. The van der Waals surface area contributed by atoms with Gasteiger partial charge >= 0.3 is 6.03 Å². The van der Waals surface area contributed by atoms with Gasteiger partial charge in [0.25, 0.3) is 0 Å². The van der Waals surface area contributed by atoms with Crippen LogP contribution < -0.4 is 5.32 Å². The molecule has 1 aromatic heterocycles. The molecule has 6 heteroatoms. The zero-order chi connectivity index (χ0) is 18.8. The van der Waals surface area contributed by atoms with Crippen molar-refractivity contribution in [3.8, 4) is 0 Å². The number of carbonyl (C=O) groups excluding carboxylic acids is 1. The molecule has 0 saturated carbocycles. The first-order chi connectivity index (χ1) is 12.2. The number of aromatic nitrogens is 2. The highest BCUT2D eigenvalue weighted by atomic mass is 16.5. The quantitative estimate of drug-likeness (QED) is 0.916. The zero-order valence-corrected chi connectivity index (χ0v) is 16.0. The molecule has 0 bridgehead atoms. The number of ether oxygens (including phenoxy) is 1. The summed E-state index contributed by atoms with van der Waals surface area (Å²) >= 11 is 0. The van der Waals surface area contributed by atoms with Crippen molar-refractivity contribution in [1.82, 2.24) is 20.0 Å². The third-order valence-corrected chi connectivity index (χ3v) is 4.30. The number of morpholine rings is 1. The Morgan fingerprint density at radius 3 is 2.42 bits per heavy atom. The maximum atomic E-state index is 12.6. The van der Waals surface area contributed by atoms with E-state index in [1.165, 1.54) is 5.56 Å². The lowest BCUT2D eigenvalue weighted by Gasteiger charge is -2.46. The minimum atomic E-state index is -0.348. The maximum Gasteiger partial charge on any atom is 0.317 e. The van der Waals surface area contributed by atoms with Gasteiger partial charge < -0.3 is 15.0 Å². The summed E-state index contributed by atoms with van der Waals surface area (Å²) in [6, 6.07) is 10.1. The van der Waals surface area contributed by atoms with E-state index in [2.05, 4.69) is 22.5 Å². The lowest BCUT2D eigenvalue weighted by atomic mass is 9.99. The van der Waals surface area contributed by atoms with Gasteiger partial charge in [-0.3, -0.25) is 4.68 Å². The van der Waals surface area contributed by atoms with Gasteiger partial charge in [0.1, 0.15) is 0 Å². The summed E-state index contributed by atoms with van der Waals surface area (Å²) in [6.07, 6.45) is 3.77. The van der Waals surface area contributed by atoms with Gasteiger partial charge in [0, 0.05) is 18.3 Å². The van der Waals surface area contributed by atoms with Crippen LogP contribution in [0.15, 0.2) is 42.7 Å². The molecule has 1 N–H and O–H groups in total. The Hall–Kier alpha value is -2.34. The number of amides is 2. The Bertz CT molecular complexity index is 736. The monoisotopic (exact) mass is 356 g/mol. The van der Waals surface area contributed by atoms with Crippen LogP contribution in [0.3, 0.4) is 0 Å². The van der Waals surface area contributed by atoms with E-state index in [1.54, 1.807) is 6.20 Å². The molecule has 1 aliphatic heterocycles. The molecule has 0 unspecified atom stereocenters. The average Bonchev–Trinajstić information content (AvgIpc) is 2.98. The van der Waals surface area contributed by atoms with Crippen LogP contribution in [0.1, 0.15) is 38.8 Å². The molecule has 26 heavy (non-hydrogen) atoms. The molecule has 1 aliphatic rings. The first-order valence-electron chi connectivity index (χ1n) is 9.01. The van der Waals surface area contributed by atoms with Crippen LogP contribution in [0.5, 0.6) is 0 Å². The van der Waals surface area contributed by atoms with Gasteiger partial charge in [-0.25, -0.2) is 4.79 Å². The Morgan fingerprint density at radius 2 is 1.77 bits per heavy atom. The molecular weight excluding hydrogens is 328 g/mol. The molecule has 3 rings (SSSR count). The minimum absolute atomic E-state index is 0.0646. The second-order valence-electron chi connectivity index (χ2n) is 8.17. The maximum absolute atomic E-state index is 12.6. The molecular formula is C20H28N4O2. The molecule has 2 amide bonds. The first kappa shape index (κ1) is 18.5. The number of nitrogens with one attached hydrogen (secondary N) is 1. The van der Waals surface area contributed by atoms with E-state index in [9.17, 15) is 4.79 Å². The molecule has 0 spiro atoms. The smallest absolute Gasteiger partial charge is 0.317 e. The molecule has 1 aromatic carbocycles. The molecule has 2 heterocycles. The molecule has 0 radical (unpaired) electrons. The summed E-state index contributed by atoms with van der Waals surface area (Å²) in [5.74, 6) is 0. The summed E-state index contributed by atoms with van der Waals surface area (Å²) in [5, 5.41) is 7.38. The zero-order valence-electron chi connectivity index (χ0n) is 16.0. The Labute approximate surface area is 155 Å². The fraction of sp³-hybridized carbons (Fsp3) is 0.500. The largest absolute Gasteiger partial charge is 0.366 e.